The Morgan fingerprint density at radius 3 is 2.43 bits per heavy atom. The number of hydrogen-bond donors (Lipinski definition) is 3. The van der Waals surface area contributed by atoms with E-state index in [-0.39, 0.29) is 11.7 Å². The van der Waals surface area contributed by atoms with Crippen LogP contribution < -0.4 is 20.7 Å². The van der Waals surface area contributed by atoms with Crippen LogP contribution in [-0.4, -0.2) is 40.8 Å². The Hall–Kier alpha value is -2.88. The van der Waals surface area contributed by atoms with Crippen molar-refractivity contribution in [2.24, 2.45) is 13.0 Å². The average Bonchev–Trinajstić information content (AvgIpc) is 3.17. The zero-order valence-electron chi connectivity index (χ0n) is 19.5. The largest absolute Gasteiger partial charge is 0.482 e. The van der Waals surface area contributed by atoms with E-state index < -0.39 is 12.1 Å². The zero-order chi connectivity index (χ0) is 24.9. The summed E-state index contributed by atoms with van der Waals surface area (Å²) in [5.41, 5.74) is 2.66. The molecule has 1 aliphatic rings. The number of Topliss-reactive ketones (excluding diaryl/α,β-unsaturated/α-hetero) is 1. The lowest BCUT2D eigenvalue weighted by atomic mass is 9.90. The molecule has 0 spiro atoms. The summed E-state index contributed by atoms with van der Waals surface area (Å²) in [6.45, 7) is 3.30. The van der Waals surface area contributed by atoms with Gasteiger partial charge in [-0.25, -0.2) is 4.79 Å². The Morgan fingerprint density at radius 2 is 1.80 bits per heavy atom. The number of ether oxygens (including phenoxy) is 1. The molecule has 1 aliphatic heterocycles. The topological polar surface area (TPSA) is 97.3 Å². The molecular weight excluding hydrogens is 534 g/mol. The molecule has 0 radical (unpaired) electrons. The van der Waals surface area contributed by atoms with Gasteiger partial charge in [0.2, 0.25) is 0 Å². The van der Waals surface area contributed by atoms with Gasteiger partial charge in [-0.15, -0.1) is 0 Å². The third-order valence-corrected chi connectivity index (χ3v) is 6.79. The van der Waals surface area contributed by atoms with E-state index in [1.807, 2.05) is 13.1 Å². The van der Waals surface area contributed by atoms with Crippen molar-refractivity contribution in [3.8, 4) is 17.0 Å². The summed E-state index contributed by atoms with van der Waals surface area (Å²) < 4.78 is 8.86. The first-order valence-corrected chi connectivity index (χ1v) is 12.5. The molecule has 2 amide bonds. The van der Waals surface area contributed by atoms with Crippen LogP contribution in [-0.2, 0) is 11.8 Å². The Balaban J connectivity index is 1.62. The number of anilines is 2. The molecule has 4 rings (SSSR count). The number of amides is 2. The highest BCUT2D eigenvalue weighted by molar-refractivity contribution is 9.10. The van der Waals surface area contributed by atoms with Gasteiger partial charge in [0, 0.05) is 34.9 Å². The SMILES string of the molecule is CC(=O)C(Oc1ccc(NC(=O)Nc2ccc(Cl)cc2)cc1-c1c(Br)cnn1C)C1CCNCC1. The van der Waals surface area contributed by atoms with E-state index in [1.165, 1.54) is 0 Å². The molecule has 1 aromatic heterocycles. The van der Waals surface area contributed by atoms with E-state index in [1.54, 1.807) is 54.2 Å². The van der Waals surface area contributed by atoms with Crippen LogP contribution in [0.1, 0.15) is 19.8 Å². The third kappa shape index (κ3) is 6.22. The molecule has 1 unspecified atom stereocenters. The normalized spacial score (nSPS) is 14.9. The lowest BCUT2D eigenvalue weighted by Gasteiger charge is -2.30. The Kier molecular flexibility index (Phi) is 8.10. The van der Waals surface area contributed by atoms with Crippen molar-refractivity contribution in [3.63, 3.8) is 0 Å². The average molecular weight is 561 g/mol. The number of halogens is 2. The van der Waals surface area contributed by atoms with Crippen molar-refractivity contribution in [1.82, 2.24) is 15.1 Å². The standard InChI is InChI=1S/C25H27BrClN5O3/c1-15(33)24(16-9-11-28-12-10-16)35-22-8-7-19(13-20(22)23-21(26)14-29-32(23)2)31-25(34)30-18-5-3-17(27)4-6-18/h3-8,13-14,16,24,28H,9-12H2,1-2H3,(H2,30,31,34). The fourth-order valence-electron chi connectivity index (χ4n) is 4.23. The van der Waals surface area contributed by atoms with Crippen LogP contribution in [0.2, 0.25) is 5.02 Å². The van der Waals surface area contributed by atoms with Crippen LogP contribution in [0, 0.1) is 5.92 Å². The van der Waals surface area contributed by atoms with E-state index >= 15 is 0 Å². The molecule has 1 fully saturated rings. The van der Waals surface area contributed by atoms with Crippen molar-refractivity contribution in [1.29, 1.82) is 0 Å². The van der Waals surface area contributed by atoms with Crippen molar-refractivity contribution in [2.75, 3.05) is 23.7 Å². The van der Waals surface area contributed by atoms with Crippen molar-refractivity contribution in [3.05, 3.63) is 58.2 Å². The van der Waals surface area contributed by atoms with Gasteiger partial charge in [0.1, 0.15) is 5.75 Å². The predicted molar refractivity (Wildman–Crippen MR) is 141 cm³/mol. The zero-order valence-corrected chi connectivity index (χ0v) is 21.8. The summed E-state index contributed by atoms with van der Waals surface area (Å²) in [5.74, 6) is 0.688. The number of urea groups is 1. The molecule has 2 heterocycles. The van der Waals surface area contributed by atoms with Crippen LogP contribution >= 0.6 is 27.5 Å². The molecular formula is C25H27BrClN5O3. The number of piperidine rings is 1. The van der Waals surface area contributed by atoms with Gasteiger partial charge in [0.25, 0.3) is 0 Å². The van der Waals surface area contributed by atoms with Crippen LogP contribution in [0.3, 0.4) is 0 Å². The molecule has 0 aliphatic carbocycles. The first-order valence-electron chi connectivity index (χ1n) is 11.3. The molecule has 3 aromatic rings. The quantitative estimate of drug-likeness (QED) is 0.355. The second kappa shape index (κ2) is 11.2. The number of carbonyl (C=O) groups excluding carboxylic acids is 2. The summed E-state index contributed by atoms with van der Waals surface area (Å²) in [7, 11) is 1.83. The summed E-state index contributed by atoms with van der Waals surface area (Å²) in [6, 6.07) is 11.8. The highest BCUT2D eigenvalue weighted by Crippen LogP contribution is 2.38. The van der Waals surface area contributed by atoms with Crippen LogP contribution in [0.15, 0.2) is 53.1 Å². The summed E-state index contributed by atoms with van der Waals surface area (Å²) in [4.78, 5) is 25.1. The highest BCUT2D eigenvalue weighted by atomic mass is 79.9. The van der Waals surface area contributed by atoms with Crippen LogP contribution in [0.4, 0.5) is 16.2 Å². The van der Waals surface area contributed by atoms with Gasteiger partial charge >= 0.3 is 6.03 Å². The lowest BCUT2D eigenvalue weighted by Crippen LogP contribution is -2.40. The van der Waals surface area contributed by atoms with Crippen molar-refractivity contribution >= 4 is 50.7 Å². The Labute approximate surface area is 217 Å². The molecule has 2 aromatic carbocycles. The monoisotopic (exact) mass is 559 g/mol. The highest BCUT2D eigenvalue weighted by Gasteiger charge is 2.30. The van der Waals surface area contributed by atoms with Gasteiger partial charge in [-0.2, -0.15) is 5.10 Å². The molecule has 1 atom stereocenters. The van der Waals surface area contributed by atoms with Gasteiger partial charge < -0.3 is 20.7 Å². The maximum Gasteiger partial charge on any atom is 0.323 e. The number of benzene rings is 2. The van der Waals surface area contributed by atoms with E-state index in [0.717, 1.165) is 36.1 Å². The maximum absolute atomic E-state index is 12.6. The predicted octanol–water partition coefficient (Wildman–Crippen LogP) is 5.48. The van der Waals surface area contributed by atoms with E-state index in [0.29, 0.717) is 27.7 Å². The minimum absolute atomic E-state index is 0.00327. The van der Waals surface area contributed by atoms with E-state index in [2.05, 4.69) is 37.0 Å². The number of aryl methyl sites for hydroxylation is 1. The minimum Gasteiger partial charge on any atom is -0.482 e. The summed E-state index contributed by atoms with van der Waals surface area (Å²) in [5, 5.41) is 13.9. The molecule has 0 bridgehead atoms. The van der Waals surface area contributed by atoms with E-state index in [4.69, 9.17) is 16.3 Å². The van der Waals surface area contributed by atoms with Gasteiger partial charge in [0.15, 0.2) is 11.9 Å². The Bertz CT molecular complexity index is 1190. The number of rotatable bonds is 7. The second-order valence-corrected chi connectivity index (χ2v) is 9.79. The second-order valence-electron chi connectivity index (χ2n) is 8.50. The fourth-order valence-corrected chi connectivity index (χ4v) is 4.92. The van der Waals surface area contributed by atoms with Gasteiger partial charge in [-0.1, -0.05) is 11.6 Å². The number of nitrogens with one attached hydrogen (secondary N) is 3. The maximum atomic E-state index is 12.6. The van der Waals surface area contributed by atoms with Gasteiger partial charge in [0.05, 0.1) is 16.4 Å². The Morgan fingerprint density at radius 1 is 1.14 bits per heavy atom. The fraction of sp³-hybridized carbons (Fsp3) is 0.320. The first-order chi connectivity index (χ1) is 16.8. The minimum atomic E-state index is -0.546. The molecule has 35 heavy (non-hydrogen) atoms. The molecule has 0 saturated carbocycles. The van der Waals surface area contributed by atoms with Crippen molar-refractivity contribution < 1.29 is 14.3 Å². The van der Waals surface area contributed by atoms with E-state index in [9.17, 15) is 9.59 Å². The number of hydrogen-bond acceptors (Lipinski definition) is 5. The van der Waals surface area contributed by atoms with Gasteiger partial charge in [-0.05, 0) is 91.2 Å². The molecule has 8 nitrogen and oxygen atoms in total. The number of aromatic nitrogens is 2. The summed E-state index contributed by atoms with van der Waals surface area (Å²) in [6.07, 6.45) is 2.90. The van der Waals surface area contributed by atoms with Crippen molar-refractivity contribution in [2.45, 2.75) is 25.9 Å². The lowest BCUT2D eigenvalue weighted by molar-refractivity contribution is -0.126. The molecule has 1 saturated heterocycles. The molecule has 3 N–H and O–H groups in total. The van der Waals surface area contributed by atoms with Crippen LogP contribution in [0.25, 0.3) is 11.3 Å². The molecule has 184 valence electrons. The smallest absolute Gasteiger partial charge is 0.323 e. The number of ketones is 1. The van der Waals surface area contributed by atoms with Crippen LogP contribution in [0.5, 0.6) is 5.75 Å². The number of carbonyl (C=O) groups is 2. The summed E-state index contributed by atoms with van der Waals surface area (Å²) >= 11 is 9.47. The third-order valence-electron chi connectivity index (χ3n) is 5.96. The first kappa shape index (κ1) is 25.2. The number of nitrogens with zero attached hydrogens (tertiary/aromatic N) is 2. The molecule has 10 heteroatoms. The van der Waals surface area contributed by atoms with Gasteiger partial charge in [-0.3, -0.25) is 9.48 Å².